The Morgan fingerprint density at radius 1 is 1.03 bits per heavy atom. The molecule has 3 aromatic rings. The Morgan fingerprint density at radius 2 is 1.79 bits per heavy atom. The van der Waals surface area contributed by atoms with Crippen LogP contribution in [0.2, 0.25) is 0 Å². The fourth-order valence-electron chi connectivity index (χ4n) is 6.13. The first-order valence-corrected chi connectivity index (χ1v) is 12.1. The first-order valence-electron chi connectivity index (χ1n) is 12.1. The average Bonchev–Trinajstić information content (AvgIpc) is 3.49. The maximum atomic E-state index is 13.8. The van der Waals surface area contributed by atoms with E-state index in [2.05, 4.69) is 17.1 Å². The maximum absolute atomic E-state index is 13.8. The Labute approximate surface area is 193 Å². The molecule has 1 N–H and O–H groups in total. The average molecular weight is 444 g/mol. The van der Waals surface area contributed by atoms with Gasteiger partial charge in [0.2, 0.25) is 11.8 Å². The van der Waals surface area contributed by atoms with E-state index in [4.69, 9.17) is 4.74 Å². The summed E-state index contributed by atoms with van der Waals surface area (Å²) < 4.78 is 5.98. The van der Waals surface area contributed by atoms with Gasteiger partial charge in [-0.2, -0.15) is 0 Å². The molecule has 1 aromatic heterocycles. The van der Waals surface area contributed by atoms with E-state index in [0.29, 0.717) is 13.0 Å². The zero-order valence-electron chi connectivity index (χ0n) is 18.9. The van der Waals surface area contributed by atoms with Gasteiger partial charge in [0, 0.05) is 34.6 Å². The van der Waals surface area contributed by atoms with Gasteiger partial charge in [-0.05, 0) is 37.5 Å². The SMILES string of the molecule is CCOc1ccccc1C1c2[nH]c3ccccc3c2C[C@H]2C(=O)N(C3CCCC3)CC(=O)N12. The van der Waals surface area contributed by atoms with Crippen molar-refractivity contribution in [3.63, 3.8) is 0 Å². The molecular weight excluding hydrogens is 414 g/mol. The first kappa shape index (κ1) is 20.3. The van der Waals surface area contributed by atoms with E-state index in [1.165, 1.54) is 0 Å². The predicted octanol–water partition coefficient (Wildman–Crippen LogP) is 4.19. The summed E-state index contributed by atoms with van der Waals surface area (Å²) in [7, 11) is 0. The van der Waals surface area contributed by atoms with Gasteiger partial charge in [-0.25, -0.2) is 0 Å². The lowest BCUT2D eigenvalue weighted by Crippen LogP contribution is -2.64. The van der Waals surface area contributed by atoms with Crippen LogP contribution >= 0.6 is 0 Å². The number of aromatic amines is 1. The van der Waals surface area contributed by atoms with E-state index in [1.54, 1.807) is 0 Å². The first-order chi connectivity index (χ1) is 16.2. The standard InChI is InChI=1S/C27H29N3O3/c1-2-33-23-14-8-6-12-19(23)26-25-20(18-11-5-7-13-21(18)28-25)15-22-27(32)29(16-24(31)30(22)26)17-9-3-4-10-17/h5-8,11-14,17,22,26,28H,2-4,9-10,15-16H2,1H3/t22-,26?/m0/s1. The highest BCUT2D eigenvalue weighted by Crippen LogP contribution is 2.45. The number of benzene rings is 2. The van der Waals surface area contributed by atoms with Crippen LogP contribution in [0.4, 0.5) is 0 Å². The van der Waals surface area contributed by atoms with Crippen LogP contribution in [0.3, 0.4) is 0 Å². The molecule has 3 aliphatic rings. The number of nitrogens with zero attached hydrogens (tertiary/aromatic N) is 2. The number of hydrogen-bond donors (Lipinski definition) is 1. The number of fused-ring (bicyclic) bond motifs is 4. The molecule has 6 nitrogen and oxygen atoms in total. The largest absolute Gasteiger partial charge is 0.494 e. The van der Waals surface area contributed by atoms with E-state index >= 15 is 0 Å². The Morgan fingerprint density at radius 3 is 2.61 bits per heavy atom. The van der Waals surface area contributed by atoms with Crippen molar-refractivity contribution >= 4 is 22.7 Å². The summed E-state index contributed by atoms with van der Waals surface area (Å²) in [5, 5.41) is 1.13. The molecule has 33 heavy (non-hydrogen) atoms. The highest BCUT2D eigenvalue weighted by atomic mass is 16.5. The molecule has 3 heterocycles. The van der Waals surface area contributed by atoms with Crippen molar-refractivity contribution in [1.82, 2.24) is 14.8 Å². The summed E-state index contributed by atoms with van der Waals surface area (Å²) in [6, 6.07) is 15.4. The van der Waals surface area contributed by atoms with Gasteiger partial charge in [-0.3, -0.25) is 9.59 Å². The minimum absolute atomic E-state index is 0.0205. The molecule has 0 radical (unpaired) electrons. The molecule has 6 rings (SSSR count). The van der Waals surface area contributed by atoms with Gasteiger partial charge >= 0.3 is 0 Å². The van der Waals surface area contributed by atoms with Crippen molar-refractivity contribution in [3.8, 4) is 5.75 Å². The molecule has 6 heteroatoms. The highest BCUT2D eigenvalue weighted by molar-refractivity contribution is 5.98. The third kappa shape index (κ3) is 3.15. The Balaban J connectivity index is 1.52. The fourth-order valence-corrected chi connectivity index (χ4v) is 6.13. The molecule has 1 saturated carbocycles. The molecule has 170 valence electrons. The van der Waals surface area contributed by atoms with Crippen molar-refractivity contribution in [1.29, 1.82) is 0 Å². The minimum atomic E-state index is -0.488. The van der Waals surface area contributed by atoms with E-state index in [0.717, 1.165) is 59.2 Å². The van der Waals surface area contributed by atoms with Crippen molar-refractivity contribution in [2.45, 2.75) is 57.2 Å². The lowest BCUT2D eigenvalue weighted by molar-refractivity contribution is -0.160. The summed E-state index contributed by atoms with van der Waals surface area (Å²) in [5.74, 6) is 0.872. The van der Waals surface area contributed by atoms with Gasteiger partial charge in [-0.15, -0.1) is 0 Å². The minimum Gasteiger partial charge on any atom is -0.494 e. The number of carbonyl (C=O) groups is 2. The van der Waals surface area contributed by atoms with Gasteiger partial charge < -0.3 is 19.5 Å². The van der Waals surface area contributed by atoms with Crippen molar-refractivity contribution < 1.29 is 14.3 Å². The number of amides is 2. The molecule has 2 aliphatic heterocycles. The molecule has 1 aliphatic carbocycles. The van der Waals surface area contributed by atoms with Crippen molar-refractivity contribution in [2.24, 2.45) is 0 Å². The lowest BCUT2D eigenvalue weighted by atomic mass is 9.85. The van der Waals surface area contributed by atoms with Gasteiger partial charge in [0.15, 0.2) is 0 Å². The van der Waals surface area contributed by atoms with E-state index in [9.17, 15) is 9.59 Å². The fraction of sp³-hybridized carbons (Fsp3) is 0.407. The normalized spacial score (nSPS) is 23.2. The quantitative estimate of drug-likeness (QED) is 0.657. The second-order valence-electron chi connectivity index (χ2n) is 9.36. The molecule has 2 amide bonds. The predicted molar refractivity (Wildman–Crippen MR) is 126 cm³/mol. The van der Waals surface area contributed by atoms with Crippen LogP contribution < -0.4 is 4.74 Å². The smallest absolute Gasteiger partial charge is 0.246 e. The van der Waals surface area contributed by atoms with E-state index in [-0.39, 0.29) is 30.4 Å². The van der Waals surface area contributed by atoms with Crippen LogP contribution in [-0.4, -0.2) is 51.8 Å². The van der Waals surface area contributed by atoms with E-state index < -0.39 is 6.04 Å². The summed E-state index contributed by atoms with van der Waals surface area (Å²) >= 11 is 0. The molecular formula is C27H29N3O3. The molecule has 1 saturated heterocycles. The van der Waals surface area contributed by atoms with Gasteiger partial charge in [0.25, 0.3) is 0 Å². The molecule has 0 spiro atoms. The van der Waals surface area contributed by atoms with Crippen LogP contribution in [0.5, 0.6) is 5.75 Å². The molecule has 1 unspecified atom stereocenters. The number of carbonyl (C=O) groups excluding carboxylic acids is 2. The van der Waals surface area contributed by atoms with Crippen molar-refractivity contribution in [2.75, 3.05) is 13.2 Å². The van der Waals surface area contributed by atoms with Crippen LogP contribution in [0.1, 0.15) is 55.5 Å². The second kappa shape index (κ2) is 7.94. The summed E-state index contributed by atoms with van der Waals surface area (Å²) in [4.78, 5) is 34.8. The van der Waals surface area contributed by atoms with Gasteiger partial charge in [0.1, 0.15) is 24.4 Å². The summed E-state index contributed by atoms with van der Waals surface area (Å²) in [5.41, 5.74) is 4.09. The number of ether oxygens (including phenoxy) is 1. The lowest BCUT2D eigenvalue weighted by Gasteiger charge is -2.48. The number of para-hydroxylation sites is 2. The summed E-state index contributed by atoms with van der Waals surface area (Å²) in [6.07, 6.45) is 4.81. The molecule has 2 atom stereocenters. The van der Waals surface area contributed by atoms with Crippen LogP contribution in [0, 0.1) is 0 Å². The number of piperazine rings is 1. The highest BCUT2D eigenvalue weighted by Gasteiger charge is 2.50. The Bertz CT molecular complexity index is 1230. The maximum Gasteiger partial charge on any atom is 0.246 e. The van der Waals surface area contributed by atoms with Crippen molar-refractivity contribution in [3.05, 3.63) is 65.4 Å². The van der Waals surface area contributed by atoms with Crippen LogP contribution in [-0.2, 0) is 16.0 Å². The molecule has 0 bridgehead atoms. The van der Waals surface area contributed by atoms with Crippen LogP contribution in [0.25, 0.3) is 10.9 Å². The number of H-pyrrole nitrogens is 1. The topological polar surface area (TPSA) is 65.6 Å². The number of aromatic nitrogens is 1. The molecule has 2 fully saturated rings. The monoisotopic (exact) mass is 443 g/mol. The Kier molecular flexibility index (Phi) is 4.89. The van der Waals surface area contributed by atoms with E-state index in [1.807, 2.05) is 53.1 Å². The number of nitrogens with one attached hydrogen (secondary N) is 1. The van der Waals surface area contributed by atoms with Gasteiger partial charge in [0.05, 0.1) is 6.61 Å². The number of hydrogen-bond acceptors (Lipinski definition) is 3. The molecule has 2 aromatic carbocycles. The summed E-state index contributed by atoms with van der Waals surface area (Å²) in [6.45, 7) is 2.67. The second-order valence-corrected chi connectivity index (χ2v) is 9.36. The zero-order chi connectivity index (χ0) is 22.5. The third-order valence-corrected chi connectivity index (χ3v) is 7.57. The number of rotatable bonds is 4. The third-order valence-electron chi connectivity index (χ3n) is 7.57. The Hall–Kier alpha value is -3.28. The van der Waals surface area contributed by atoms with Gasteiger partial charge in [-0.1, -0.05) is 49.2 Å². The zero-order valence-corrected chi connectivity index (χ0v) is 18.9. The van der Waals surface area contributed by atoms with Crippen LogP contribution in [0.15, 0.2) is 48.5 Å².